The van der Waals surface area contributed by atoms with Gasteiger partial charge in [-0.25, -0.2) is 0 Å². The predicted molar refractivity (Wildman–Crippen MR) is 111 cm³/mol. The number of alkyl halides is 3. The van der Waals surface area contributed by atoms with Crippen molar-refractivity contribution in [2.24, 2.45) is 0 Å². The van der Waals surface area contributed by atoms with Gasteiger partial charge in [0.1, 0.15) is 18.1 Å². The van der Waals surface area contributed by atoms with E-state index in [0.29, 0.717) is 24.6 Å². The van der Waals surface area contributed by atoms with E-state index in [0.717, 1.165) is 12.1 Å². The molecule has 2 aromatic carbocycles. The van der Waals surface area contributed by atoms with Crippen molar-refractivity contribution >= 4 is 11.6 Å². The number of nitrogens with one attached hydrogen (secondary N) is 1. The second kappa shape index (κ2) is 9.01. The van der Waals surface area contributed by atoms with Crippen molar-refractivity contribution in [2.45, 2.75) is 12.7 Å². The summed E-state index contributed by atoms with van der Waals surface area (Å²) in [7, 11) is 0. The van der Waals surface area contributed by atoms with Gasteiger partial charge in [-0.2, -0.15) is 18.3 Å². The summed E-state index contributed by atoms with van der Waals surface area (Å²) in [6.45, 7) is 0.978. The molecule has 2 aromatic heterocycles. The molecule has 0 aliphatic carbocycles. The van der Waals surface area contributed by atoms with Crippen molar-refractivity contribution < 1.29 is 27.1 Å². The first-order valence-electron chi connectivity index (χ1n) is 9.67. The number of carbonyl (C=O) groups is 1. The Labute approximate surface area is 181 Å². The van der Waals surface area contributed by atoms with E-state index in [-0.39, 0.29) is 17.1 Å². The third-order valence-corrected chi connectivity index (χ3v) is 4.54. The van der Waals surface area contributed by atoms with Crippen LogP contribution in [0.4, 0.5) is 18.9 Å². The van der Waals surface area contributed by atoms with E-state index in [9.17, 15) is 18.0 Å². The van der Waals surface area contributed by atoms with Crippen molar-refractivity contribution in [2.75, 3.05) is 11.9 Å². The fraction of sp³-hybridized carbons (Fsp3) is 0.130. The SMILES string of the molecule is O=C(Nc1cccc(OCCn2cccn2)c1)c1ccc(-c2cccc(C(F)(F)F)c2)o1. The molecule has 0 saturated heterocycles. The summed E-state index contributed by atoms with van der Waals surface area (Å²) in [6.07, 6.45) is -0.950. The molecule has 0 saturated carbocycles. The van der Waals surface area contributed by atoms with Crippen molar-refractivity contribution in [1.82, 2.24) is 9.78 Å². The Bertz CT molecular complexity index is 1200. The zero-order valence-corrected chi connectivity index (χ0v) is 16.7. The third-order valence-electron chi connectivity index (χ3n) is 4.54. The molecule has 0 fully saturated rings. The maximum Gasteiger partial charge on any atom is 0.416 e. The number of furan rings is 1. The van der Waals surface area contributed by atoms with E-state index in [4.69, 9.17) is 9.15 Å². The van der Waals surface area contributed by atoms with Crippen molar-refractivity contribution in [1.29, 1.82) is 0 Å². The molecule has 32 heavy (non-hydrogen) atoms. The fourth-order valence-electron chi connectivity index (χ4n) is 3.01. The van der Waals surface area contributed by atoms with Gasteiger partial charge in [0.2, 0.25) is 0 Å². The van der Waals surface area contributed by atoms with E-state index in [1.54, 1.807) is 35.1 Å². The molecular weight excluding hydrogens is 423 g/mol. The lowest BCUT2D eigenvalue weighted by Crippen LogP contribution is -2.11. The summed E-state index contributed by atoms with van der Waals surface area (Å²) in [5.74, 6) is 0.176. The Morgan fingerprint density at radius 1 is 1.06 bits per heavy atom. The number of hydrogen-bond acceptors (Lipinski definition) is 4. The highest BCUT2D eigenvalue weighted by Gasteiger charge is 2.30. The van der Waals surface area contributed by atoms with Crippen LogP contribution >= 0.6 is 0 Å². The number of halogens is 3. The number of amides is 1. The highest BCUT2D eigenvalue weighted by Crippen LogP contribution is 2.32. The molecule has 1 amide bonds. The quantitative estimate of drug-likeness (QED) is 0.412. The van der Waals surface area contributed by atoms with Gasteiger partial charge >= 0.3 is 6.18 Å². The van der Waals surface area contributed by atoms with Crippen LogP contribution in [0, 0.1) is 0 Å². The number of anilines is 1. The lowest BCUT2D eigenvalue weighted by molar-refractivity contribution is -0.137. The van der Waals surface area contributed by atoms with E-state index < -0.39 is 17.6 Å². The minimum Gasteiger partial charge on any atom is -0.492 e. The Morgan fingerprint density at radius 2 is 1.91 bits per heavy atom. The summed E-state index contributed by atoms with van der Waals surface area (Å²) in [5.41, 5.74) is -0.0724. The van der Waals surface area contributed by atoms with Crippen LogP contribution in [0.3, 0.4) is 0 Å². The highest BCUT2D eigenvalue weighted by molar-refractivity contribution is 6.02. The fourth-order valence-corrected chi connectivity index (χ4v) is 3.01. The molecule has 0 spiro atoms. The van der Waals surface area contributed by atoms with Gasteiger partial charge < -0.3 is 14.5 Å². The monoisotopic (exact) mass is 441 g/mol. The molecule has 6 nitrogen and oxygen atoms in total. The summed E-state index contributed by atoms with van der Waals surface area (Å²) >= 11 is 0. The molecule has 0 atom stereocenters. The van der Waals surface area contributed by atoms with E-state index in [1.165, 1.54) is 24.3 Å². The van der Waals surface area contributed by atoms with E-state index in [1.807, 2.05) is 12.3 Å². The van der Waals surface area contributed by atoms with Gasteiger partial charge in [-0.05, 0) is 42.5 Å². The standard InChI is InChI=1S/C23H18F3N3O3/c24-23(25,26)17-5-1-4-16(14-17)20-8-9-21(32-20)22(30)28-18-6-2-7-19(15-18)31-13-12-29-11-3-10-27-29/h1-11,14-15H,12-13H2,(H,28,30). The summed E-state index contributed by atoms with van der Waals surface area (Å²) in [6, 6.07) is 16.3. The largest absolute Gasteiger partial charge is 0.492 e. The van der Waals surface area contributed by atoms with E-state index >= 15 is 0 Å². The number of nitrogens with zero attached hydrogens (tertiary/aromatic N) is 2. The molecule has 0 aliphatic rings. The number of carbonyl (C=O) groups excluding carboxylic acids is 1. The first-order valence-corrected chi connectivity index (χ1v) is 9.67. The minimum atomic E-state index is -4.46. The molecule has 164 valence electrons. The maximum atomic E-state index is 12.9. The molecular formula is C23H18F3N3O3. The van der Waals surface area contributed by atoms with Gasteiger partial charge in [0, 0.05) is 29.7 Å². The Hall–Kier alpha value is -4.01. The number of benzene rings is 2. The zero-order valence-electron chi connectivity index (χ0n) is 16.7. The van der Waals surface area contributed by atoms with Crippen LogP contribution in [0.2, 0.25) is 0 Å². The van der Waals surface area contributed by atoms with Crippen molar-refractivity contribution in [3.05, 3.63) is 90.4 Å². The first-order chi connectivity index (χ1) is 15.4. The summed E-state index contributed by atoms with van der Waals surface area (Å²) in [4.78, 5) is 12.5. The van der Waals surface area contributed by atoms with Crippen LogP contribution in [0.1, 0.15) is 16.1 Å². The van der Waals surface area contributed by atoms with Gasteiger partial charge in [-0.1, -0.05) is 18.2 Å². The highest BCUT2D eigenvalue weighted by atomic mass is 19.4. The Balaban J connectivity index is 1.40. The van der Waals surface area contributed by atoms with E-state index in [2.05, 4.69) is 10.4 Å². The van der Waals surface area contributed by atoms with Crippen molar-refractivity contribution in [3.8, 4) is 17.1 Å². The second-order valence-corrected chi connectivity index (χ2v) is 6.84. The first kappa shape index (κ1) is 21.2. The summed E-state index contributed by atoms with van der Waals surface area (Å²) in [5, 5.41) is 6.78. The average Bonchev–Trinajstić information content (AvgIpc) is 3.46. The number of hydrogen-bond donors (Lipinski definition) is 1. The predicted octanol–water partition coefficient (Wildman–Crippen LogP) is 5.49. The van der Waals surface area contributed by atoms with Crippen LogP contribution in [0.25, 0.3) is 11.3 Å². The molecule has 0 radical (unpaired) electrons. The average molecular weight is 441 g/mol. The third kappa shape index (κ3) is 5.18. The van der Waals surface area contributed by atoms with Crippen LogP contribution in [-0.4, -0.2) is 22.3 Å². The number of rotatable bonds is 7. The molecule has 1 N–H and O–H groups in total. The maximum absolute atomic E-state index is 12.9. The minimum absolute atomic E-state index is 0.0255. The Kier molecular flexibility index (Phi) is 5.98. The van der Waals surface area contributed by atoms with Crippen LogP contribution in [-0.2, 0) is 12.7 Å². The molecule has 0 aliphatic heterocycles. The molecule has 9 heteroatoms. The second-order valence-electron chi connectivity index (χ2n) is 6.84. The van der Waals surface area contributed by atoms with Crippen molar-refractivity contribution in [3.63, 3.8) is 0 Å². The normalized spacial score (nSPS) is 11.3. The number of aromatic nitrogens is 2. The van der Waals surface area contributed by atoms with Gasteiger partial charge in [-0.15, -0.1) is 0 Å². The lowest BCUT2D eigenvalue weighted by Gasteiger charge is -2.09. The van der Waals surface area contributed by atoms with Crippen LogP contribution < -0.4 is 10.1 Å². The van der Waals surface area contributed by atoms with Gasteiger partial charge in [-0.3, -0.25) is 9.48 Å². The smallest absolute Gasteiger partial charge is 0.416 e. The molecule has 0 bridgehead atoms. The topological polar surface area (TPSA) is 69.3 Å². The zero-order chi connectivity index (χ0) is 22.6. The Morgan fingerprint density at radius 3 is 2.69 bits per heavy atom. The lowest BCUT2D eigenvalue weighted by atomic mass is 10.1. The van der Waals surface area contributed by atoms with Gasteiger partial charge in [0.25, 0.3) is 5.91 Å². The molecule has 2 heterocycles. The van der Waals surface area contributed by atoms with Crippen LogP contribution in [0.15, 0.2) is 83.5 Å². The molecule has 4 aromatic rings. The molecule has 4 rings (SSSR count). The van der Waals surface area contributed by atoms with Crippen LogP contribution in [0.5, 0.6) is 5.75 Å². The molecule has 0 unspecified atom stereocenters. The summed E-state index contributed by atoms with van der Waals surface area (Å²) < 4.78 is 51.7. The van der Waals surface area contributed by atoms with Gasteiger partial charge in [0.15, 0.2) is 5.76 Å². The van der Waals surface area contributed by atoms with Gasteiger partial charge in [0.05, 0.1) is 12.1 Å². The number of ether oxygens (including phenoxy) is 1.